The minimum absolute atomic E-state index is 0.0506. The standard InChI is InChI=1S/C30H39FN4O3/c1-7-12-30(13-11-19(3)4)16-26(36)35(17-30)24-14-21-23(15-25(24)37-5)32-18-33-29(21)34-22-10-9-20(8-2)28(38-6)27(22)31/h9-10,14-15,18-19H,7-8,11-13,16-17H2,1-6H3,(H,32,33,34). The van der Waals surface area contributed by atoms with E-state index in [0.29, 0.717) is 53.5 Å². The molecule has 1 aliphatic rings. The maximum atomic E-state index is 15.3. The van der Waals surface area contributed by atoms with Crippen LogP contribution in [0.25, 0.3) is 10.9 Å². The highest BCUT2D eigenvalue weighted by Gasteiger charge is 2.43. The Morgan fingerprint density at radius 2 is 1.92 bits per heavy atom. The molecule has 1 fully saturated rings. The molecule has 1 unspecified atom stereocenters. The summed E-state index contributed by atoms with van der Waals surface area (Å²) in [5.41, 5.74) is 2.31. The van der Waals surface area contributed by atoms with Gasteiger partial charge in [-0.15, -0.1) is 0 Å². The van der Waals surface area contributed by atoms with E-state index in [1.54, 1.807) is 13.2 Å². The SMILES string of the molecule is CCCC1(CCC(C)C)CC(=O)N(c2cc3c(Nc4ccc(CC)c(OC)c4F)ncnc3cc2OC)C1. The summed E-state index contributed by atoms with van der Waals surface area (Å²) in [7, 11) is 3.06. The Morgan fingerprint density at radius 3 is 2.58 bits per heavy atom. The third kappa shape index (κ3) is 5.40. The van der Waals surface area contributed by atoms with Gasteiger partial charge in [0.15, 0.2) is 11.6 Å². The predicted molar refractivity (Wildman–Crippen MR) is 150 cm³/mol. The summed E-state index contributed by atoms with van der Waals surface area (Å²) >= 11 is 0. The fourth-order valence-corrected chi connectivity index (χ4v) is 5.57. The molecule has 204 valence electrons. The van der Waals surface area contributed by atoms with Crippen molar-refractivity contribution >= 4 is 34.0 Å². The Balaban J connectivity index is 1.75. The fraction of sp³-hybridized carbons (Fsp3) is 0.500. The van der Waals surface area contributed by atoms with Gasteiger partial charge in [0, 0.05) is 24.4 Å². The molecular weight excluding hydrogens is 483 g/mol. The molecule has 1 amide bonds. The third-order valence-electron chi connectivity index (χ3n) is 7.60. The summed E-state index contributed by atoms with van der Waals surface area (Å²) in [5, 5.41) is 3.80. The van der Waals surface area contributed by atoms with Gasteiger partial charge in [0.1, 0.15) is 17.9 Å². The van der Waals surface area contributed by atoms with Gasteiger partial charge in [0.2, 0.25) is 5.91 Å². The van der Waals surface area contributed by atoms with E-state index in [2.05, 4.69) is 36.1 Å². The van der Waals surface area contributed by atoms with E-state index in [1.807, 2.05) is 30.0 Å². The lowest BCUT2D eigenvalue weighted by atomic mass is 9.77. The van der Waals surface area contributed by atoms with Gasteiger partial charge in [-0.25, -0.2) is 14.4 Å². The van der Waals surface area contributed by atoms with Crippen molar-refractivity contribution in [3.63, 3.8) is 0 Å². The first kappa shape index (κ1) is 27.6. The number of benzene rings is 2. The molecule has 0 spiro atoms. The zero-order valence-corrected chi connectivity index (χ0v) is 23.4. The summed E-state index contributed by atoms with van der Waals surface area (Å²) in [6, 6.07) is 7.23. The minimum atomic E-state index is -0.475. The Kier molecular flexibility index (Phi) is 8.38. The number of ether oxygens (including phenoxy) is 2. The van der Waals surface area contributed by atoms with Crippen LogP contribution in [0.2, 0.25) is 0 Å². The van der Waals surface area contributed by atoms with E-state index in [9.17, 15) is 4.79 Å². The number of hydrogen-bond donors (Lipinski definition) is 1. The summed E-state index contributed by atoms with van der Waals surface area (Å²) in [5.74, 6) is 1.43. The molecule has 1 saturated heterocycles. The molecule has 1 N–H and O–H groups in total. The number of fused-ring (bicyclic) bond motifs is 1. The molecule has 2 aromatic carbocycles. The van der Waals surface area contributed by atoms with Crippen molar-refractivity contribution in [1.82, 2.24) is 9.97 Å². The van der Waals surface area contributed by atoms with Crippen molar-refractivity contribution in [2.75, 3.05) is 31.0 Å². The number of methoxy groups -OCH3 is 2. The van der Waals surface area contributed by atoms with Crippen LogP contribution in [0.5, 0.6) is 11.5 Å². The molecule has 8 heteroatoms. The lowest BCUT2D eigenvalue weighted by Gasteiger charge is -2.30. The summed E-state index contributed by atoms with van der Waals surface area (Å²) in [6.07, 6.45) is 6.74. The summed E-state index contributed by atoms with van der Waals surface area (Å²) < 4.78 is 26.3. The zero-order chi connectivity index (χ0) is 27.4. The Hall–Kier alpha value is -3.42. The van der Waals surface area contributed by atoms with Crippen LogP contribution in [0, 0.1) is 17.2 Å². The second kappa shape index (κ2) is 11.5. The van der Waals surface area contributed by atoms with Crippen molar-refractivity contribution < 1.29 is 18.7 Å². The van der Waals surface area contributed by atoms with Gasteiger partial charge >= 0.3 is 0 Å². The third-order valence-corrected chi connectivity index (χ3v) is 7.60. The van der Waals surface area contributed by atoms with E-state index in [0.717, 1.165) is 31.2 Å². The Labute approximate surface area is 224 Å². The second-order valence-corrected chi connectivity index (χ2v) is 10.7. The number of nitrogens with zero attached hydrogens (tertiary/aromatic N) is 3. The molecule has 1 aliphatic heterocycles. The van der Waals surface area contributed by atoms with Crippen LogP contribution in [-0.4, -0.2) is 36.6 Å². The summed E-state index contributed by atoms with van der Waals surface area (Å²) in [4.78, 5) is 24.1. The van der Waals surface area contributed by atoms with Gasteiger partial charge < -0.3 is 19.7 Å². The normalized spacial score (nSPS) is 17.5. The minimum Gasteiger partial charge on any atom is -0.494 e. The topological polar surface area (TPSA) is 76.6 Å². The van der Waals surface area contributed by atoms with Gasteiger partial charge in [0.05, 0.1) is 31.1 Å². The number of halogens is 1. The largest absolute Gasteiger partial charge is 0.494 e. The number of carbonyl (C=O) groups is 1. The molecule has 0 bridgehead atoms. The average Bonchev–Trinajstić information content (AvgIpc) is 3.23. The zero-order valence-electron chi connectivity index (χ0n) is 23.4. The van der Waals surface area contributed by atoms with Crippen molar-refractivity contribution in [3.8, 4) is 11.5 Å². The number of aromatic nitrogens is 2. The molecule has 1 atom stereocenters. The number of aryl methyl sites for hydroxylation is 1. The fourth-order valence-electron chi connectivity index (χ4n) is 5.57. The molecule has 7 nitrogen and oxygen atoms in total. The van der Waals surface area contributed by atoms with Crippen molar-refractivity contribution in [3.05, 3.63) is 42.0 Å². The van der Waals surface area contributed by atoms with Crippen LogP contribution in [0.4, 0.5) is 21.6 Å². The van der Waals surface area contributed by atoms with E-state index >= 15 is 4.39 Å². The van der Waals surface area contributed by atoms with E-state index in [-0.39, 0.29) is 22.8 Å². The molecule has 0 saturated carbocycles. The molecule has 0 radical (unpaired) electrons. The number of rotatable bonds is 11. The maximum Gasteiger partial charge on any atom is 0.227 e. The maximum absolute atomic E-state index is 15.3. The first-order chi connectivity index (χ1) is 18.3. The number of nitrogens with one attached hydrogen (secondary N) is 1. The van der Waals surface area contributed by atoms with Crippen LogP contribution in [0.3, 0.4) is 0 Å². The Morgan fingerprint density at radius 1 is 1.13 bits per heavy atom. The number of hydrogen-bond acceptors (Lipinski definition) is 6. The van der Waals surface area contributed by atoms with Gasteiger partial charge in [-0.2, -0.15) is 0 Å². The predicted octanol–water partition coefficient (Wildman–Crippen LogP) is 7.05. The van der Waals surface area contributed by atoms with Crippen LogP contribution < -0.4 is 19.7 Å². The first-order valence-electron chi connectivity index (χ1n) is 13.5. The summed E-state index contributed by atoms with van der Waals surface area (Å²) in [6.45, 7) is 9.23. The monoisotopic (exact) mass is 522 g/mol. The van der Waals surface area contributed by atoms with Crippen LogP contribution in [-0.2, 0) is 11.2 Å². The average molecular weight is 523 g/mol. The molecule has 4 rings (SSSR count). The molecule has 38 heavy (non-hydrogen) atoms. The van der Waals surface area contributed by atoms with Crippen molar-refractivity contribution in [2.24, 2.45) is 11.3 Å². The van der Waals surface area contributed by atoms with Gasteiger partial charge in [-0.1, -0.05) is 46.6 Å². The lowest BCUT2D eigenvalue weighted by molar-refractivity contribution is -0.117. The van der Waals surface area contributed by atoms with E-state index in [1.165, 1.54) is 13.4 Å². The first-order valence-corrected chi connectivity index (χ1v) is 13.5. The molecule has 1 aromatic heterocycles. The van der Waals surface area contributed by atoms with Crippen molar-refractivity contribution in [2.45, 2.75) is 66.2 Å². The Bertz CT molecular complexity index is 1310. The van der Waals surface area contributed by atoms with E-state index in [4.69, 9.17) is 9.47 Å². The lowest BCUT2D eigenvalue weighted by Crippen LogP contribution is -2.29. The van der Waals surface area contributed by atoms with E-state index < -0.39 is 5.82 Å². The van der Waals surface area contributed by atoms with Gasteiger partial charge in [-0.05, 0) is 48.3 Å². The van der Waals surface area contributed by atoms with Gasteiger partial charge in [-0.3, -0.25) is 4.79 Å². The highest BCUT2D eigenvalue weighted by atomic mass is 19.1. The number of carbonyl (C=O) groups excluding carboxylic acids is 1. The second-order valence-electron chi connectivity index (χ2n) is 10.7. The molecular formula is C30H39FN4O3. The number of amides is 1. The number of anilines is 3. The van der Waals surface area contributed by atoms with Crippen LogP contribution >= 0.6 is 0 Å². The van der Waals surface area contributed by atoms with Gasteiger partial charge in [0.25, 0.3) is 0 Å². The molecule has 2 heterocycles. The smallest absolute Gasteiger partial charge is 0.227 e. The molecule has 0 aliphatic carbocycles. The van der Waals surface area contributed by atoms with Crippen LogP contribution in [0.15, 0.2) is 30.6 Å². The highest BCUT2D eigenvalue weighted by molar-refractivity contribution is 6.02. The van der Waals surface area contributed by atoms with Crippen LogP contribution in [0.1, 0.15) is 65.4 Å². The van der Waals surface area contributed by atoms with Crippen molar-refractivity contribution in [1.29, 1.82) is 0 Å². The quantitative estimate of drug-likeness (QED) is 0.291. The molecule has 3 aromatic rings. The highest BCUT2D eigenvalue weighted by Crippen LogP contribution is 2.46.